The first-order valence-corrected chi connectivity index (χ1v) is 12.8. The average Bonchev–Trinajstić information content (AvgIpc) is 3.47. The number of aromatic nitrogens is 2. The van der Waals surface area contributed by atoms with Gasteiger partial charge in [0.15, 0.2) is 0 Å². The lowest BCUT2D eigenvalue weighted by molar-refractivity contribution is 0.0622. The smallest absolute Gasteiger partial charge is 0.259 e. The number of fused-ring (bicyclic) bond motifs is 1. The molecule has 0 bridgehead atoms. The number of rotatable bonds is 5. The fourth-order valence-electron chi connectivity index (χ4n) is 4.27. The van der Waals surface area contributed by atoms with Crippen LogP contribution in [0.4, 0.5) is 0 Å². The molecule has 0 aliphatic carbocycles. The second-order valence-corrected chi connectivity index (χ2v) is 10.5. The van der Waals surface area contributed by atoms with E-state index in [4.69, 9.17) is 0 Å². The highest BCUT2D eigenvalue weighted by atomic mass is 32.1. The van der Waals surface area contributed by atoms with Crippen LogP contribution >= 0.6 is 22.7 Å². The summed E-state index contributed by atoms with van der Waals surface area (Å²) in [7, 11) is 0. The van der Waals surface area contributed by atoms with Crippen molar-refractivity contribution in [1.29, 1.82) is 0 Å². The summed E-state index contributed by atoms with van der Waals surface area (Å²) >= 11 is 2.92. The molecule has 1 N–H and O–H groups in total. The van der Waals surface area contributed by atoms with E-state index in [0.29, 0.717) is 59.9 Å². The fourth-order valence-corrected chi connectivity index (χ4v) is 6.00. The zero-order chi connectivity index (χ0) is 23.8. The number of aryl methyl sites for hydroxylation is 2. The SMILES string of the molecule is Cc1sc2nc(CN3CCN(C(=O)c4ccccc4C(=O)c4cccs4)CC3)[nH]c(=O)c2c1C. The molecule has 4 heterocycles. The Balaban J connectivity index is 1.27. The molecular formula is C25H24N4O3S2. The molecule has 0 unspecified atom stereocenters. The van der Waals surface area contributed by atoms with E-state index >= 15 is 0 Å². The van der Waals surface area contributed by atoms with Crippen molar-refractivity contribution < 1.29 is 9.59 Å². The molecule has 1 aliphatic rings. The molecule has 174 valence electrons. The molecule has 0 atom stereocenters. The largest absolute Gasteiger partial charge is 0.336 e. The molecular weight excluding hydrogens is 468 g/mol. The number of benzene rings is 1. The Kier molecular flexibility index (Phi) is 6.16. The van der Waals surface area contributed by atoms with Crippen molar-refractivity contribution >= 4 is 44.6 Å². The van der Waals surface area contributed by atoms with E-state index in [2.05, 4.69) is 14.9 Å². The van der Waals surface area contributed by atoms with Crippen molar-refractivity contribution in [2.75, 3.05) is 26.2 Å². The van der Waals surface area contributed by atoms with Crippen molar-refractivity contribution in [2.24, 2.45) is 0 Å². The number of nitrogens with one attached hydrogen (secondary N) is 1. The molecule has 0 spiro atoms. The highest BCUT2D eigenvalue weighted by molar-refractivity contribution is 7.18. The highest BCUT2D eigenvalue weighted by Crippen LogP contribution is 2.26. The number of carbonyl (C=O) groups excluding carboxylic acids is 2. The second-order valence-electron chi connectivity index (χ2n) is 8.40. The van der Waals surface area contributed by atoms with E-state index in [1.54, 1.807) is 46.6 Å². The number of piperazine rings is 1. The van der Waals surface area contributed by atoms with Crippen LogP contribution in [0.3, 0.4) is 0 Å². The normalized spacial score (nSPS) is 14.6. The van der Waals surface area contributed by atoms with Gasteiger partial charge in [-0.15, -0.1) is 22.7 Å². The summed E-state index contributed by atoms with van der Waals surface area (Å²) in [5, 5.41) is 2.54. The molecule has 3 aromatic heterocycles. The van der Waals surface area contributed by atoms with E-state index in [1.165, 1.54) is 11.3 Å². The van der Waals surface area contributed by atoms with E-state index in [9.17, 15) is 14.4 Å². The minimum atomic E-state index is -0.127. The maximum Gasteiger partial charge on any atom is 0.259 e. The van der Waals surface area contributed by atoms with Gasteiger partial charge in [0.05, 0.1) is 22.4 Å². The van der Waals surface area contributed by atoms with E-state index < -0.39 is 0 Å². The second kappa shape index (κ2) is 9.25. The zero-order valence-electron chi connectivity index (χ0n) is 19.0. The molecule has 34 heavy (non-hydrogen) atoms. The summed E-state index contributed by atoms with van der Waals surface area (Å²) in [6.45, 7) is 6.90. The number of aromatic amines is 1. The summed E-state index contributed by atoms with van der Waals surface area (Å²) in [5.74, 6) is 0.394. The van der Waals surface area contributed by atoms with Crippen LogP contribution in [0.2, 0.25) is 0 Å². The predicted molar refractivity (Wildman–Crippen MR) is 135 cm³/mol. The first-order valence-electron chi connectivity index (χ1n) is 11.1. The number of nitrogens with zero attached hydrogens (tertiary/aromatic N) is 3. The molecule has 0 radical (unpaired) electrons. The van der Waals surface area contributed by atoms with Gasteiger partial charge in [-0.3, -0.25) is 19.3 Å². The monoisotopic (exact) mass is 492 g/mol. The van der Waals surface area contributed by atoms with Crippen LogP contribution < -0.4 is 5.56 Å². The summed E-state index contributed by atoms with van der Waals surface area (Å²) in [6, 6.07) is 10.6. The number of carbonyl (C=O) groups is 2. The third kappa shape index (κ3) is 4.22. The minimum absolute atomic E-state index is 0.0947. The van der Waals surface area contributed by atoms with Crippen molar-refractivity contribution in [1.82, 2.24) is 19.8 Å². The molecule has 1 amide bonds. The van der Waals surface area contributed by atoms with Gasteiger partial charge in [-0.1, -0.05) is 24.3 Å². The Morgan fingerprint density at radius 3 is 2.47 bits per heavy atom. The van der Waals surface area contributed by atoms with Crippen LogP contribution in [0.5, 0.6) is 0 Å². The zero-order valence-corrected chi connectivity index (χ0v) is 20.6. The van der Waals surface area contributed by atoms with Crippen LogP contribution in [0.1, 0.15) is 41.9 Å². The van der Waals surface area contributed by atoms with Crippen LogP contribution in [0, 0.1) is 13.8 Å². The molecule has 1 fully saturated rings. The number of ketones is 1. The van der Waals surface area contributed by atoms with Gasteiger partial charge in [-0.25, -0.2) is 4.98 Å². The van der Waals surface area contributed by atoms with Crippen LogP contribution in [-0.2, 0) is 6.54 Å². The topological polar surface area (TPSA) is 86.4 Å². The quantitative estimate of drug-likeness (QED) is 0.428. The molecule has 9 heteroatoms. The lowest BCUT2D eigenvalue weighted by atomic mass is 10.0. The van der Waals surface area contributed by atoms with Crippen molar-refractivity contribution in [2.45, 2.75) is 20.4 Å². The first-order chi connectivity index (χ1) is 16.4. The van der Waals surface area contributed by atoms with Crippen LogP contribution in [0.15, 0.2) is 46.6 Å². The molecule has 1 saturated heterocycles. The molecule has 7 nitrogen and oxygen atoms in total. The van der Waals surface area contributed by atoms with Crippen LogP contribution in [-0.4, -0.2) is 57.6 Å². The Morgan fingerprint density at radius 1 is 1.03 bits per heavy atom. The summed E-state index contributed by atoms with van der Waals surface area (Å²) in [6.07, 6.45) is 0. The number of thiophene rings is 2. The Bertz CT molecular complexity index is 1430. The summed E-state index contributed by atoms with van der Waals surface area (Å²) in [4.78, 5) is 52.8. The van der Waals surface area contributed by atoms with Gasteiger partial charge < -0.3 is 9.88 Å². The van der Waals surface area contributed by atoms with Gasteiger partial charge in [0.2, 0.25) is 5.78 Å². The Labute approximate surface area is 204 Å². The van der Waals surface area contributed by atoms with Gasteiger partial charge in [0.25, 0.3) is 11.5 Å². The van der Waals surface area contributed by atoms with E-state index in [1.807, 2.05) is 25.3 Å². The first kappa shape index (κ1) is 22.6. The minimum Gasteiger partial charge on any atom is -0.336 e. The Hall–Kier alpha value is -3.14. The number of amides is 1. The van der Waals surface area contributed by atoms with Gasteiger partial charge >= 0.3 is 0 Å². The fraction of sp³-hybridized carbons (Fsp3) is 0.280. The van der Waals surface area contributed by atoms with Crippen LogP contribution in [0.25, 0.3) is 10.2 Å². The third-order valence-corrected chi connectivity index (χ3v) is 8.24. The summed E-state index contributed by atoms with van der Waals surface area (Å²) < 4.78 is 0. The maximum absolute atomic E-state index is 13.3. The highest BCUT2D eigenvalue weighted by Gasteiger charge is 2.26. The Morgan fingerprint density at radius 2 is 1.76 bits per heavy atom. The molecule has 1 aliphatic heterocycles. The predicted octanol–water partition coefficient (Wildman–Crippen LogP) is 3.85. The van der Waals surface area contributed by atoms with E-state index in [-0.39, 0.29) is 17.2 Å². The molecule has 1 aromatic carbocycles. The summed E-state index contributed by atoms with van der Waals surface area (Å²) in [5.41, 5.74) is 1.77. The van der Waals surface area contributed by atoms with Gasteiger partial charge in [0, 0.05) is 36.6 Å². The standard InChI is InChI=1S/C25H24N4O3S2/c1-15-16(2)34-24-21(15)23(31)26-20(27-24)14-28-9-11-29(12-10-28)25(32)18-7-4-3-6-17(18)22(30)19-8-5-13-33-19/h3-8,13H,9-12,14H2,1-2H3,(H,26,27,31). The van der Waals surface area contributed by atoms with Crippen molar-refractivity contribution in [3.63, 3.8) is 0 Å². The van der Waals surface area contributed by atoms with Gasteiger partial charge in [-0.2, -0.15) is 0 Å². The van der Waals surface area contributed by atoms with Gasteiger partial charge in [0.1, 0.15) is 10.7 Å². The molecule has 5 rings (SSSR count). The number of hydrogen-bond donors (Lipinski definition) is 1. The van der Waals surface area contributed by atoms with E-state index in [0.717, 1.165) is 15.3 Å². The average molecular weight is 493 g/mol. The lowest BCUT2D eigenvalue weighted by Gasteiger charge is -2.34. The number of hydrogen-bond acceptors (Lipinski definition) is 7. The molecule has 4 aromatic rings. The third-order valence-electron chi connectivity index (χ3n) is 6.27. The maximum atomic E-state index is 13.3. The number of H-pyrrole nitrogens is 1. The lowest BCUT2D eigenvalue weighted by Crippen LogP contribution is -2.48. The molecule has 0 saturated carbocycles. The van der Waals surface area contributed by atoms with Crippen molar-refractivity contribution in [3.8, 4) is 0 Å². The van der Waals surface area contributed by atoms with Crippen molar-refractivity contribution in [3.05, 3.63) is 84.4 Å². The van der Waals surface area contributed by atoms with Gasteiger partial charge in [-0.05, 0) is 36.9 Å².